The van der Waals surface area contributed by atoms with Gasteiger partial charge in [0.1, 0.15) is 0 Å². The van der Waals surface area contributed by atoms with Crippen molar-refractivity contribution in [3.8, 4) is 0 Å². The van der Waals surface area contributed by atoms with Crippen LogP contribution in [0.3, 0.4) is 0 Å². The molecule has 1 aliphatic carbocycles. The highest BCUT2D eigenvalue weighted by Gasteiger charge is 2.45. The lowest BCUT2D eigenvalue weighted by Crippen LogP contribution is -2.44. The fourth-order valence-corrected chi connectivity index (χ4v) is 3.21. The largest absolute Gasteiger partial charge is 0.356 e. The molecule has 3 fully saturated rings. The van der Waals surface area contributed by atoms with E-state index in [-0.39, 0.29) is 11.3 Å². The average molecular weight is 236 g/mol. The molecule has 0 aromatic heterocycles. The second kappa shape index (κ2) is 3.72. The Balaban J connectivity index is 1.57. The van der Waals surface area contributed by atoms with Gasteiger partial charge in [-0.15, -0.1) is 0 Å². The lowest BCUT2D eigenvalue weighted by atomic mass is 9.77. The monoisotopic (exact) mass is 236 g/mol. The van der Waals surface area contributed by atoms with Gasteiger partial charge in [0.05, 0.1) is 0 Å². The first-order valence-corrected chi connectivity index (χ1v) is 6.65. The van der Waals surface area contributed by atoms with Crippen molar-refractivity contribution in [1.29, 1.82) is 0 Å². The molecule has 4 nitrogen and oxygen atoms in total. The number of amides is 2. The predicted octanol–water partition coefficient (Wildman–Crippen LogP) is 0.771. The average Bonchev–Trinajstić information content (AvgIpc) is 2.94. The molecule has 1 N–H and O–H groups in total. The standard InChI is InChI=1S/C13H20N2O2/c1-9-6-10(9)12(17)15-4-2-13(3-5-15)7-11(16)14-8-13/h9-10H,2-8H2,1H3,(H,14,16)/t9-,10+/m1/s1. The number of carbonyl (C=O) groups is 2. The minimum Gasteiger partial charge on any atom is -0.356 e. The third kappa shape index (κ3) is 1.94. The highest BCUT2D eigenvalue weighted by molar-refractivity contribution is 5.82. The maximum Gasteiger partial charge on any atom is 0.225 e. The molecule has 0 aromatic rings. The minimum absolute atomic E-state index is 0.156. The first-order valence-electron chi connectivity index (χ1n) is 6.65. The molecule has 2 aliphatic heterocycles. The molecule has 1 saturated carbocycles. The van der Waals surface area contributed by atoms with E-state index in [0.29, 0.717) is 24.2 Å². The summed E-state index contributed by atoms with van der Waals surface area (Å²) in [7, 11) is 0. The molecule has 0 unspecified atom stereocenters. The number of nitrogens with one attached hydrogen (secondary N) is 1. The Morgan fingerprint density at radius 3 is 2.53 bits per heavy atom. The maximum absolute atomic E-state index is 12.1. The van der Waals surface area contributed by atoms with Crippen molar-refractivity contribution < 1.29 is 9.59 Å². The highest BCUT2D eigenvalue weighted by atomic mass is 16.2. The van der Waals surface area contributed by atoms with Crippen LogP contribution in [0.4, 0.5) is 0 Å². The number of likely N-dealkylation sites (tertiary alicyclic amines) is 1. The van der Waals surface area contributed by atoms with Crippen LogP contribution >= 0.6 is 0 Å². The number of hydrogen-bond donors (Lipinski definition) is 1. The first-order chi connectivity index (χ1) is 8.10. The molecule has 2 amide bonds. The van der Waals surface area contributed by atoms with E-state index in [0.717, 1.165) is 38.9 Å². The van der Waals surface area contributed by atoms with Gasteiger partial charge in [-0.05, 0) is 30.6 Å². The molecule has 4 heteroatoms. The lowest BCUT2D eigenvalue weighted by molar-refractivity contribution is -0.135. The summed E-state index contributed by atoms with van der Waals surface area (Å²) in [6, 6.07) is 0. The van der Waals surface area contributed by atoms with Crippen LogP contribution in [-0.2, 0) is 9.59 Å². The Morgan fingerprint density at radius 2 is 2.06 bits per heavy atom. The van der Waals surface area contributed by atoms with Crippen molar-refractivity contribution >= 4 is 11.8 Å². The van der Waals surface area contributed by atoms with Gasteiger partial charge in [-0.25, -0.2) is 0 Å². The molecule has 3 rings (SSSR count). The zero-order chi connectivity index (χ0) is 12.0. The van der Waals surface area contributed by atoms with Gasteiger partial charge in [0.2, 0.25) is 11.8 Å². The van der Waals surface area contributed by atoms with E-state index in [1.165, 1.54) is 0 Å². The van der Waals surface area contributed by atoms with Crippen LogP contribution in [-0.4, -0.2) is 36.3 Å². The molecule has 17 heavy (non-hydrogen) atoms. The summed E-state index contributed by atoms with van der Waals surface area (Å²) in [4.78, 5) is 25.4. The summed E-state index contributed by atoms with van der Waals surface area (Å²) in [6.45, 7) is 4.65. The van der Waals surface area contributed by atoms with Gasteiger partial charge < -0.3 is 10.2 Å². The second-order valence-electron chi connectivity index (χ2n) is 6.10. The van der Waals surface area contributed by atoms with Gasteiger partial charge in [-0.2, -0.15) is 0 Å². The molecule has 2 heterocycles. The molecule has 3 aliphatic rings. The summed E-state index contributed by atoms with van der Waals surface area (Å²) in [5.41, 5.74) is 0.156. The SMILES string of the molecule is C[C@@H]1C[C@@H]1C(=O)N1CCC2(CC1)CNC(=O)C2. The van der Waals surface area contributed by atoms with Crippen LogP contribution in [0.5, 0.6) is 0 Å². The molecule has 0 aromatic carbocycles. The predicted molar refractivity (Wildman–Crippen MR) is 63.1 cm³/mol. The third-order valence-electron chi connectivity index (χ3n) is 4.76. The Bertz CT molecular complexity index is 358. The van der Waals surface area contributed by atoms with Gasteiger partial charge in [0, 0.05) is 32.0 Å². The molecule has 0 bridgehead atoms. The van der Waals surface area contributed by atoms with E-state index in [1.807, 2.05) is 4.90 Å². The normalized spacial score (nSPS) is 34.9. The molecular weight excluding hydrogens is 216 g/mol. The van der Waals surface area contributed by atoms with Gasteiger partial charge in [0.15, 0.2) is 0 Å². The van der Waals surface area contributed by atoms with Gasteiger partial charge >= 0.3 is 0 Å². The van der Waals surface area contributed by atoms with Crippen molar-refractivity contribution in [2.45, 2.75) is 32.6 Å². The van der Waals surface area contributed by atoms with Gasteiger partial charge in [-0.3, -0.25) is 9.59 Å². The Morgan fingerprint density at radius 1 is 1.41 bits per heavy atom. The maximum atomic E-state index is 12.1. The molecule has 1 spiro atoms. The van der Waals surface area contributed by atoms with E-state index >= 15 is 0 Å². The zero-order valence-corrected chi connectivity index (χ0v) is 10.4. The zero-order valence-electron chi connectivity index (χ0n) is 10.4. The first kappa shape index (κ1) is 11.1. The van der Waals surface area contributed by atoms with Crippen LogP contribution in [0.25, 0.3) is 0 Å². The smallest absolute Gasteiger partial charge is 0.225 e. The van der Waals surface area contributed by atoms with Crippen molar-refractivity contribution in [2.75, 3.05) is 19.6 Å². The Hall–Kier alpha value is -1.06. The highest BCUT2D eigenvalue weighted by Crippen LogP contribution is 2.42. The number of rotatable bonds is 1. The van der Waals surface area contributed by atoms with Gasteiger partial charge in [0.25, 0.3) is 0 Å². The summed E-state index contributed by atoms with van der Waals surface area (Å²) in [6.07, 6.45) is 3.70. The van der Waals surface area contributed by atoms with E-state index in [1.54, 1.807) is 0 Å². The second-order valence-corrected chi connectivity index (χ2v) is 6.10. The van der Waals surface area contributed by atoms with Crippen LogP contribution in [0.1, 0.15) is 32.6 Å². The van der Waals surface area contributed by atoms with Gasteiger partial charge in [-0.1, -0.05) is 6.92 Å². The number of piperidine rings is 1. The summed E-state index contributed by atoms with van der Waals surface area (Å²) in [5, 5.41) is 2.92. The van der Waals surface area contributed by atoms with E-state index in [9.17, 15) is 9.59 Å². The van der Waals surface area contributed by atoms with E-state index < -0.39 is 0 Å². The van der Waals surface area contributed by atoms with Crippen LogP contribution in [0.2, 0.25) is 0 Å². The Kier molecular flexibility index (Phi) is 2.42. The third-order valence-corrected chi connectivity index (χ3v) is 4.76. The summed E-state index contributed by atoms with van der Waals surface area (Å²) < 4.78 is 0. The minimum atomic E-state index is 0.156. The quantitative estimate of drug-likeness (QED) is 0.731. The van der Waals surface area contributed by atoms with Crippen LogP contribution < -0.4 is 5.32 Å². The van der Waals surface area contributed by atoms with Crippen LogP contribution in [0.15, 0.2) is 0 Å². The topological polar surface area (TPSA) is 49.4 Å². The number of carbonyl (C=O) groups excluding carboxylic acids is 2. The molecular formula is C13H20N2O2. The summed E-state index contributed by atoms with van der Waals surface area (Å²) in [5.74, 6) is 1.42. The fourth-order valence-electron chi connectivity index (χ4n) is 3.21. The molecule has 2 atom stereocenters. The number of hydrogen-bond acceptors (Lipinski definition) is 2. The Labute approximate surface area is 102 Å². The molecule has 0 radical (unpaired) electrons. The fraction of sp³-hybridized carbons (Fsp3) is 0.846. The van der Waals surface area contributed by atoms with Crippen molar-refractivity contribution in [1.82, 2.24) is 10.2 Å². The lowest BCUT2D eigenvalue weighted by Gasteiger charge is -2.38. The molecule has 94 valence electrons. The number of nitrogens with zero attached hydrogens (tertiary/aromatic N) is 1. The van der Waals surface area contributed by atoms with Crippen molar-refractivity contribution in [2.24, 2.45) is 17.3 Å². The van der Waals surface area contributed by atoms with E-state index in [2.05, 4.69) is 12.2 Å². The van der Waals surface area contributed by atoms with E-state index in [4.69, 9.17) is 0 Å². The van der Waals surface area contributed by atoms with Crippen molar-refractivity contribution in [3.05, 3.63) is 0 Å². The molecule has 2 saturated heterocycles. The summed E-state index contributed by atoms with van der Waals surface area (Å²) >= 11 is 0. The van der Waals surface area contributed by atoms with Crippen LogP contribution in [0, 0.1) is 17.3 Å². The van der Waals surface area contributed by atoms with Crippen molar-refractivity contribution in [3.63, 3.8) is 0 Å².